The lowest BCUT2D eigenvalue weighted by Crippen LogP contribution is -2.46. The molecule has 1 unspecified atom stereocenters. The SMILES string of the molecule is CC(C)(C)OC(=O)c1ccc(C(=O)OCC2=Cc3c(ccc4cc5ccccc5cc34)OC23C=Cc2c(ccc4cc5ccccc5cc24)O3)cc1C(=O)OC(C)(C)C. The fourth-order valence-corrected chi connectivity index (χ4v) is 7.71. The van der Waals surface area contributed by atoms with Crippen molar-refractivity contribution in [3.05, 3.63) is 155 Å². The topological polar surface area (TPSA) is 97.4 Å². The molecule has 7 aromatic rings. The Labute approximate surface area is 341 Å². The molecule has 0 bridgehead atoms. The predicted octanol–water partition coefficient (Wildman–Crippen LogP) is 11.6. The van der Waals surface area contributed by atoms with Crippen LogP contribution < -0.4 is 9.47 Å². The second-order valence-corrected chi connectivity index (χ2v) is 17.0. The molecule has 0 N–H and O–H groups in total. The van der Waals surface area contributed by atoms with Gasteiger partial charge in [0.1, 0.15) is 29.3 Å². The third kappa shape index (κ3) is 7.16. The van der Waals surface area contributed by atoms with Gasteiger partial charge in [-0.1, -0.05) is 60.7 Å². The van der Waals surface area contributed by atoms with E-state index in [1.54, 1.807) is 41.5 Å². The van der Waals surface area contributed by atoms with E-state index in [0.717, 1.165) is 54.2 Å². The van der Waals surface area contributed by atoms with Crippen LogP contribution >= 0.6 is 0 Å². The zero-order chi connectivity index (χ0) is 41.3. The molecule has 2 aliphatic heterocycles. The standard InChI is InChI=1S/C51H42O8/c1-49(2,3)58-47(53)39-18-15-36(27-43(39)48(54)59-50(4,5)6)46(52)55-29-37-28-42-41-26-33-14-10-8-12-31(33)24-35(41)17-20-45(42)57-51(37)22-21-38-40-25-32-13-9-7-11-30(32)23-34(40)16-19-44(38)56-51/h7-28H,29H2,1-6H3. The Morgan fingerprint density at radius 1 is 0.542 bits per heavy atom. The maximum atomic E-state index is 14.0. The van der Waals surface area contributed by atoms with Crippen LogP contribution in [0, 0.1) is 0 Å². The molecule has 0 saturated carbocycles. The van der Waals surface area contributed by atoms with E-state index in [1.165, 1.54) is 18.2 Å². The highest BCUT2D eigenvalue weighted by molar-refractivity contribution is 6.07. The molecule has 8 nitrogen and oxygen atoms in total. The summed E-state index contributed by atoms with van der Waals surface area (Å²) in [6, 6.07) is 37.1. The Kier molecular flexibility index (Phi) is 8.85. The molecule has 7 aromatic carbocycles. The molecule has 59 heavy (non-hydrogen) atoms. The third-order valence-corrected chi connectivity index (χ3v) is 10.4. The molecule has 8 heteroatoms. The van der Waals surface area contributed by atoms with Crippen LogP contribution in [0.25, 0.3) is 55.2 Å². The van der Waals surface area contributed by atoms with Crippen LogP contribution in [-0.2, 0) is 14.2 Å². The second kappa shape index (κ2) is 13.9. The highest BCUT2D eigenvalue weighted by Crippen LogP contribution is 2.46. The first-order chi connectivity index (χ1) is 28.1. The Morgan fingerprint density at radius 3 is 1.61 bits per heavy atom. The number of benzene rings is 7. The lowest BCUT2D eigenvalue weighted by molar-refractivity contribution is -0.0489. The van der Waals surface area contributed by atoms with E-state index in [2.05, 4.69) is 48.5 Å². The Hall–Kier alpha value is -6.93. The van der Waals surface area contributed by atoms with Gasteiger partial charge < -0.3 is 23.7 Å². The molecule has 0 aromatic heterocycles. The molecule has 0 saturated heterocycles. The minimum absolute atomic E-state index is 0.0241. The van der Waals surface area contributed by atoms with Crippen LogP contribution in [0.3, 0.4) is 0 Å². The summed E-state index contributed by atoms with van der Waals surface area (Å²) in [7, 11) is 0. The molecule has 0 radical (unpaired) electrons. The van der Waals surface area contributed by atoms with Crippen molar-refractivity contribution in [1.29, 1.82) is 0 Å². The van der Waals surface area contributed by atoms with E-state index in [4.69, 9.17) is 23.7 Å². The molecule has 1 atom stereocenters. The number of carbonyl (C=O) groups excluding carboxylic acids is 3. The van der Waals surface area contributed by atoms with E-state index in [9.17, 15) is 14.4 Å². The number of rotatable bonds is 5. The van der Waals surface area contributed by atoms with Crippen molar-refractivity contribution in [3.63, 3.8) is 0 Å². The average Bonchev–Trinajstić information content (AvgIpc) is 3.19. The molecule has 294 valence electrons. The van der Waals surface area contributed by atoms with E-state index in [0.29, 0.717) is 17.1 Å². The maximum absolute atomic E-state index is 14.0. The fourth-order valence-electron chi connectivity index (χ4n) is 7.71. The Balaban J connectivity index is 1.11. The Morgan fingerprint density at radius 2 is 1.05 bits per heavy atom. The lowest BCUT2D eigenvalue weighted by Gasteiger charge is -2.39. The number of carbonyl (C=O) groups is 3. The third-order valence-electron chi connectivity index (χ3n) is 10.4. The monoisotopic (exact) mass is 782 g/mol. The zero-order valence-electron chi connectivity index (χ0n) is 33.7. The molecule has 2 aliphatic rings. The van der Waals surface area contributed by atoms with E-state index >= 15 is 0 Å². The number of fused-ring (bicyclic) bond motifs is 8. The summed E-state index contributed by atoms with van der Waals surface area (Å²) in [6.07, 6.45) is 5.85. The highest BCUT2D eigenvalue weighted by Gasteiger charge is 2.44. The first kappa shape index (κ1) is 37.6. The number of hydrogen-bond donors (Lipinski definition) is 0. The van der Waals surface area contributed by atoms with E-state index in [-0.39, 0.29) is 23.3 Å². The first-order valence-electron chi connectivity index (χ1n) is 19.6. The van der Waals surface area contributed by atoms with E-state index in [1.807, 2.05) is 66.8 Å². The van der Waals surface area contributed by atoms with Gasteiger partial charge in [0.25, 0.3) is 5.79 Å². The molecule has 0 amide bonds. The summed E-state index contributed by atoms with van der Waals surface area (Å²) in [5.41, 5.74) is 0.510. The zero-order valence-corrected chi connectivity index (χ0v) is 33.7. The predicted molar refractivity (Wildman–Crippen MR) is 231 cm³/mol. The van der Waals surface area contributed by atoms with Gasteiger partial charge in [0, 0.05) is 17.2 Å². The maximum Gasteiger partial charge on any atom is 0.339 e. The van der Waals surface area contributed by atoms with Crippen molar-refractivity contribution in [2.75, 3.05) is 6.61 Å². The molecular formula is C51H42O8. The molecule has 0 aliphatic carbocycles. The largest absolute Gasteiger partial charge is 0.457 e. The smallest absolute Gasteiger partial charge is 0.339 e. The van der Waals surface area contributed by atoms with Crippen LogP contribution in [0.2, 0.25) is 0 Å². The normalized spacial score (nSPS) is 15.9. The fraction of sp³-hybridized carbons (Fsp3) is 0.196. The summed E-state index contributed by atoms with van der Waals surface area (Å²) in [5, 5.41) is 8.57. The van der Waals surface area contributed by atoms with Gasteiger partial charge in [0.05, 0.1) is 22.3 Å². The van der Waals surface area contributed by atoms with Crippen LogP contribution in [0.1, 0.15) is 83.7 Å². The van der Waals surface area contributed by atoms with Crippen molar-refractivity contribution in [1.82, 2.24) is 0 Å². The number of hydrogen-bond acceptors (Lipinski definition) is 8. The average molecular weight is 783 g/mol. The van der Waals surface area contributed by atoms with Crippen molar-refractivity contribution >= 4 is 73.1 Å². The van der Waals surface area contributed by atoms with Gasteiger partial charge in [-0.25, -0.2) is 14.4 Å². The van der Waals surface area contributed by atoms with Gasteiger partial charge in [0.15, 0.2) is 0 Å². The van der Waals surface area contributed by atoms with Crippen LogP contribution in [0.15, 0.2) is 127 Å². The van der Waals surface area contributed by atoms with Gasteiger partial charge in [-0.3, -0.25) is 0 Å². The van der Waals surface area contributed by atoms with Crippen LogP contribution in [0.4, 0.5) is 0 Å². The van der Waals surface area contributed by atoms with Gasteiger partial charge in [-0.2, -0.15) is 0 Å². The first-order valence-corrected chi connectivity index (χ1v) is 19.6. The summed E-state index contributed by atoms with van der Waals surface area (Å²) in [5.74, 6) is -2.45. The number of ether oxygens (including phenoxy) is 5. The minimum Gasteiger partial charge on any atom is -0.457 e. The molecular weight excluding hydrogens is 741 g/mol. The highest BCUT2D eigenvalue weighted by atomic mass is 16.7. The van der Waals surface area contributed by atoms with Crippen molar-refractivity contribution < 1.29 is 38.1 Å². The summed E-state index contributed by atoms with van der Waals surface area (Å²) < 4.78 is 31.0. The van der Waals surface area contributed by atoms with Crippen molar-refractivity contribution in [2.45, 2.75) is 58.5 Å². The van der Waals surface area contributed by atoms with Gasteiger partial charge in [-0.05, 0) is 151 Å². The molecule has 0 fully saturated rings. The molecule has 2 heterocycles. The summed E-state index contributed by atoms with van der Waals surface area (Å²) in [6.45, 7) is 10.1. The Bertz CT molecular complexity index is 2970. The van der Waals surface area contributed by atoms with Crippen LogP contribution in [0.5, 0.6) is 11.5 Å². The summed E-state index contributed by atoms with van der Waals surface area (Å²) in [4.78, 5) is 40.7. The van der Waals surface area contributed by atoms with Gasteiger partial charge >= 0.3 is 17.9 Å². The van der Waals surface area contributed by atoms with Gasteiger partial charge in [0.2, 0.25) is 0 Å². The number of esters is 3. The van der Waals surface area contributed by atoms with Gasteiger partial charge in [-0.15, -0.1) is 0 Å². The lowest BCUT2D eigenvalue weighted by atomic mass is 9.91. The molecule has 9 rings (SSSR count). The minimum atomic E-state index is -1.46. The molecule has 1 spiro atoms. The van der Waals surface area contributed by atoms with Crippen molar-refractivity contribution in [3.8, 4) is 11.5 Å². The second-order valence-electron chi connectivity index (χ2n) is 17.0. The summed E-state index contributed by atoms with van der Waals surface area (Å²) >= 11 is 0. The van der Waals surface area contributed by atoms with E-state index < -0.39 is 34.9 Å². The van der Waals surface area contributed by atoms with Crippen LogP contribution in [-0.4, -0.2) is 41.5 Å². The van der Waals surface area contributed by atoms with Crippen molar-refractivity contribution in [2.24, 2.45) is 0 Å². The quantitative estimate of drug-likeness (QED) is 0.0967.